The highest BCUT2D eigenvalue weighted by atomic mass is 16.5. The Balaban J connectivity index is 1.87. The van der Waals surface area contributed by atoms with Gasteiger partial charge < -0.3 is 4.74 Å². The standard InChI is InChI=1S/C22H16N2O/c23-16-20-21(17-10-4-1-5-11-17)25-22(18-12-6-2-7-13-18)24(20)19-14-8-3-9-15-19/h1-15,22H. The third-order valence-electron chi connectivity index (χ3n) is 4.18. The van der Waals surface area contributed by atoms with Gasteiger partial charge in [-0.15, -0.1) is 0 Å². The van der Waals surface area contributed by atoms with Gasteiger partial charge in [-0.1, -0.05) is 78.9 Å². The van der Waals surface area contributed by atoms with Crippen LogP contribution in [0.5, 0.6) is 0 Å². The first kappa shape index (κ1) is 15.0. The van der Waals surface area contributed by atoms with Crippen LogP contribution < -0.4 is 4.90 Å². The molecule has 0 aromatic heterocycles. The van der Waals surface area contributed by atoms with E-state index in [-0.39, 0.29) is 6.23 Å². The van der Waals surface area contributed by atoms with Crippen molar-refractivity contribution < 1.29 is 4.74 Å². The molecule has 3 nitrogen and oxygen atoms in total. The summed E-state index contributed by atoms with van der Waals surface area (Å²) in [5, 5.41) is 9.86. The average Bonchev–Trinajstić information content (AvgIpc) is 3.09. The van der Waals surface area contributed by atoms with Gasteiger partial charge in [0, 0.05) is 16.8 Å². The maximum Gasteiger partial charge on any atom is 0.203 e. The second-order valence-corrected chi connectivity index (χ2v) is 5.74. The quantitative estimate of drug-likeness (QED) is 0.671. The molecule has 1 heterocycles. The van der Waals surface area contributed by atoms with E-state index in [0.29, 0.717) is 11.5 Å². The Kier molecular flexibility index (Phi) is 3.94. The zero-order valence-electron chi connectivity index (χ0n) is 13.5. The predicted octanol–water partition coefficient (Wildman–Crippen LogP) is 5.11. The number of para-hydroxylation sites is 1. The minimum atomic E-state index is -0.367. The van der Waals surface area contributed by atoms with Crippen LogP contribution in [0.4, 0.5) is 5.69 Å². The van der Waals surface area contributed by atoms with Crippen molar-refractivity contribution in [3.8, 4) is 6.07 Å². The normalized spacial score (nSPS) is 16.4. The van der Waals surface area contributed by atoms with Crippen molar-refractivity contribution in [2.45, 2.75) is 6.23 Å². The molecule has 1 atom stereocenters. The molecule has 0 saturated heterocycles. The van der Waals surface area contributed by atoms with Crippen LogP contribution in [0.25, 0.3) is 5.76 Å². The van der Waals surface area contributed by atoms with Gasteiger partial charge in [0.25, 0.3) is 0 Å². The topological polar surface area (TPSA) is 36.3 Å². The zero-order valence-corrected chi connectivity index (χ0v) is 13.5. The summed E-state index contributed by atoms with van der Waals surface area (Å²) in [5.74, 6) is 0.612. The second kappa shape index (κ2) is 6.54. The minimum Gasteiger partial charge on any atom is -0.462 e. The molecule has 1 aliphatic rings. The van der Waals surface area contributed by atoms with Crippen molar-refractivity contribution in [2.24, 2.45) is 0 Å². The fourth-order valence-corrected chi connectivity index (χ4v) is 3.03. The number of benzene rings is 3. The van der Waals surface area contributed by atoms with Crippen molar-refractivity contribution in [3.05, 3.63) is 108 Å². The zero-order chi connectivity index (χ0) is 17.1. The first-order valence-corrected chi connectivity index (χ1v) is 8.14. The molecule has 0 aliphatic carbocycles. The Bertz CT molecular complexity index is 928. The van der Waals surface area contributed by atoms with E-state index in [1.807, 2.05) is 95.9 Å². The highest BCUT2D eigenvalue weighted by Gasteiger charge is 2.36. The van der Waals surface area contributed by atoms with Crippen LogP contribution in [0.2, 0.25) is 0 Å². The maximum absolute atomic E-state index is 9.86. The van der Waals surface area contributed by atoms with Crippen molar-refractivity contribution in [2.75, 3.05) is 4.90 Å². The molecule has 0 saturated carbocycles. The van der Waals surface area contributed by atoms with Gasteiger partial charge in [-0.2, -0.15) is 5.26 Å². The van der Waals surface area contributed by atoms with Crippen LogP contribution in [-0.4, -0.2) is 0 Å². The average molecular weight is 324 g/mol. The lowest BCUT2D eigenvalue weighted by atomic mass is 10.1. The van der Waals surface area contributed by atoms with Gasteiger partial charge in [-0.25, -0.2) is 0 Å². The largest absolute Gasteiger partial charge is 0.462 e. The summed E-state index contributed by atoms with van der Waals surface area (Å²) in [6.45, 7) is 0. The van der Waals surface area contributed by atoms with Crippen LogP contribution in [0.3, 0.4) is 0 Å². The number of hydrogen-bond acceptors (Lipinski definition) is 3. The lowest BCUT2D eigenvalue weighted by molar-refractivity contribution is 0.195. The second-order valence-electron chi connectivity index (χ2n) is 5.74. The molecule has 4 rings (SSSR count). The summed E-state index contributed by atoms with van der Waals surface area (Å²) >= 11 is 0. The Morgan fingerprint density at radius 2 is 1.32 bits per heavy atom. The fraction of sp³-hybridized carbons (Fsp3) is 0.0455. The van der Waals surface area contributed by atoms with Crippen LogP contribution >= 0.6 is 0 Å². The first-order chi connectivity index (χ1) is 12.4. The first-order valence-electron chi connectivity index (χ1n) is 8.14. The summed E-state index contributed by atoms with van der Waals surface area (Å²) in [7, 11) is 0. The van der Waals surface area contributed by atoms with Gasteiger partial charge in [-0.05, 0) is 12.1 Å². The number of nitriles is 1. The summed E-state index contributed by atoms with van der Waals surface area (Å²) < 4.78 is 6.29. The molecule has 0 radical (unpaired) electrons. The Morgan fingerprint density at radius 1 is 0.760 bits per heavy atom. The van der Waals surface area contributed by atoms with Crippen LogP contribution in [0.1, 0.15) is 17.4 Å². The number of anilines is 1. The van der Waals surface area contributed by atoms with Gasteiger partial charge in [0.1, 0.15) is 6.07 Å². The molecular formula is C22H16N2O. The molecule has 0 fully saturated rings. The molecule has 25 heavy (non-hydrogen) atoms. The predicted molar refractivity (Wildman–Crippen MR) is 98.2 cm³/mol. The summed E-state index contributed by atoms with van der Waals surface area (Å²) in [4.78, 5) is 1.96. The lowest BCUT2D eigenvalue weighted by Gasteiger charge is -2.25. The van der Waals surface area contributed by atoms with Crippen LogP contribution in [-0.2, 0) is 4.74 Å². The Hall–Kier alpha value is -3.51. The van der Waals surface area contributed by atoms with E-state index in [2.05, 4.69) is 6.07 Å². The molecule has 3 aromatic rings. The molecule has 3 heteroatoms. The van der Waals surface area contributed by atoms with Gasteiger partial charge in [0.15, 0.2) is 11.5 Å². The monoisotopic (exact) mass is 324 g/mol. The number of allylic oxidation sites excluding steroid dienone is 1. The molecule has 0 bridgehead atoms. The molecule has 0 spiro atoms. The molecule has 0 N–H and O–H groups in total. The number of nitrogens with zero attached hydrogens (tertiary/aromatic N) is 2. The molecule has 1 unspecified atom stereocenters. The van der Waals surface area contributed by atoms with E-state index in [9.17, 15) is 5.26 Å². The van der Waals surface area contributed by atoms with E-state index in [0.717, 1.165) is 16.8 Å². The number of rotatable bonds is 3. The summed E-state index contributed by atoms with van der Waals surface area (Å²) in [5.41, 5.74) is 3.36. The SMILES string of the molecule is N#CC1=C(c2ccccc2)OC(c2ccccc2)N1c1ccccc1. The van der Waals surface area contributed by atoms with Crippen molar-refractivity contribution in [3.63, 3.8) is 0 Å². The van der Waals surface area contributed by atoms with Gasteiger partial charge in [0.05, 0.1) is 0 Å². The van der Waals surface area contributed by atoms with E-state index in [1.165, 1.54) is 0 Å². The van der Waals surface area contributed by atoms with Crippen LogP contribution in [0, 0.1) is 11.3 Å². The smallest absolute Gasteiger partial charge is 0.203 e. The van der Waals surface area contributed by atoms with Gasteiger partial charge in [-0.3, -0.25) is 4.90 Å². The Morgan fingerprint density at radius 3 is 1.92 bits per heavy atom. The maximum atomic E-state index is 9.86. The number of hydrogen-bond donors (Lipinski definition) is 0. The van der Waals surface area contributed by atoms with E-state index >= 15 is 0 Å². The van der Waals surface area contributed by atoms with Crippen molar-refractivity contribution >= 4 is 11.4 Å². The third kappa shape index (κ3) is 2.75. The molecule has 0 amide bonds. The Labute approximate surface area is 147 Å². The van der Waals surface area contributed by atoms with E-state index in [1.54, 1.807) is 0 Å². The van der Waals surface area contributed by atoms with E-state index < -0.39 is 0 Å². The van der Waals surface area contributed by atoms with Crippen molar-refractivity contribution in [1.29, 1.82) is 5.26 Å². The van der Waals surface area contributed by atoms with E-state index in [4.69, 9.17) is 4.74 Å². The molecule has 1 aliphatic heterocycles. The van der Waals surface area contributed by atoms with Gasteiger partial charge in [0.2, 0.25) is 6.23 Å². The fourth-order valence-electron chi connectivity index (χ4n) is 3.03. The highest BCUT2D eigenvalue weighted by Crippen LogP contribution is 2.43. The van der Waals surface area contributed by atoms with Crippen molar-refractivity contribution in [1.82, 2.24) is 0 Å². The lowest BCUT2D eigenvalue weighted by Crippen LogP contribution is -2.23. The summed E-state index contributed by atoms with van der Waals surface area (Å²) in [6, 6.07) is 32.0. The summed E-state index contributed by atoms with van der Waals surface area (Å²) in [6.07, 6.45) is -0.367. The number of ether oxygens (including phenoxy) is 1. The minimum absolute atomic E-state index is 0.367. The molecule has 120 valence electrons. The van der Waals surface area contributed by atoms with Gasteiger partial charge >= 0.3 is 0 Å². The molecule has 3 aromatic carbocycles. The molecular weight excluding hydrogens is 308 g/mol. The third-order valence-corrected chi connectivity index (χ3v) is 4.18. The highest BCUT2D eigenvalue weighted by molar-refractivity contribution is 5.76. The van der Waals surface area contributed by atoms with Crippen LogP contribution in [0.15, 0.2) is 96.7 Å².